The van der Waals surface area contributed by atoms with E-state index < -0.39 is 23.5 Å². The summed E-state index contributed by atoms with van der Waals surface area (Å²) >= 11 is 0. The molecule has 0 saturated carbocycles. The van der Waals surface area contributed by atoms with Crippen molar-refractivity contribution in [3.05, 3.63) is 71.3 Å². The molecule has 184 valence electrons. The summed E-state index contributed by atoms with van der Waals surface area (Å²) in [6, 6.07) is 4.41. The van der Waals surface area contributed by atoms with E-state index in [4.69, 9.17) is 0 Å². The summed E-state index contributed by atoms with van der Waals surface area (Å²) in [5, 5.41) is 0. The van der Waals surface area contributed by atoms with Crippen molar-refractivity contribution < 1.29 is 22.4 Å². The van der Waals surface area contributed by atoms with E-state index in [1.807, 2.05) is 6.92 Å². The van der Waals surface area contributed by atoms with Crippen molar-refractivity contribution in [2.24, 2.45) is 5.92 Å². The number of rotatable bonds is 5. The molecule has 1 aliphatic heterocycles. The Morgan fingerprint density at radius 2 is 1.80 bits per heavy atom. The number of carbonyl (C=O) groups is 1. The number of hydrogen-bond acceptors (Lipinski definition) is 5. The van der Waals surface area contributed by atoms with Crippen molar-refractivity contribution in [1.29, 1.82) is 0 Å². The van der Waals surface area contributed by atoms with Crippen molar-refractivity contribution in [3.63, 3.8) is 0 Å². The molecule has 0 N–H and O–H groups in total. The molecule has 0 radical (unpaired) electrons. The summed E-state index contributed by atoms with van der Waals surface area (Å²) in [5.74, 6) is -0.441. The minimum Gasteiger partial charge on any atom is -0.335 e. The molecule has 2 aromatic heterocycles. The van der Waals surface area contributed by atoms with Gasteiger partial charge in [0.15, 0.2) is 5.82 Å². The van der Waals surface area contributed by atoms with Gasteiger partial charge in [-0.1, -0.05) is 6.92 Å². The summed E-state index contributed by atoms with van der Waals surface area (Å²) in [6.07, 6.45) is 2.49. The maximum atomic E-state index is 15.2. The van der Waals surface area contributed by atoms with Crippen LogP contribution in [0.4, 0.5) is 17.6 Å². The van der Waals surface area contributed by atoms with E-state index in [2.05, 4.69) is 19.9 Å². The largest absolute Gasteiger partial charge is 0.419 e. The van der Waals surface area contributed by atoms with E-state index in [-0.39, 0.29) is 29.2 Å². The number of amides is 1. The molecule has 4 rings (SSSR count). The maximum absolute atomic E-state index is 15.2. The van der Waals surface area contributed by atoms with Crippen molar-refractivity contribution in [3.8, 4) is 11.4 Å². The number of carbonyl (C=O) groups excluding carboxylic acids is 1. The van der Waals surface area contributed by atoms with Crippen LogP contribution in [0.15, 0.2) is 43.0 Å². The van der Waals surface area contributed by atoms with Crippen LogP contribution in [0.5, 0.6) is 0 Å². The topological polar surface area (TPSA) is 71.9 Å². The fourth-order valence-corrected chi connectivity index (χ4v) is 4.57. The Balaban J connectivity index is 1.60. The van der Waals surface area contributed by atoms with Crippen LogP contribution in [0, 0.1) is 18.7 Å². The molecule has 1 amide bonds. The second-order valence-electron chi connectivity index (χ2n) is 8.85. The second-order valence-corrected chi connectivity index (χ2v) is 8.85. The molecular formula is C25H25F4N5O. The van der Waals surface area contributed by atoms with Crippen LogP contribution in [0.1, 0.15) is 53.5 Å². The van der Waals surface area contributed by atoms with Gasteiger partial charge < -0.3 is 4.90 Å². The zero-order valence-corrected chi connectivity index (χ0v) is 19.4. The number of nitrogens with zero attached hydrogens (tertiary/aromatic N) is 5. The fourth-order valence-electron chi connectivity index (χ4n) is 4.57. The van der Waals surface area contributed by atoms with Gasteiger partial charge in [0.05, 0.1) is 11.1 Å². The highest BCUT2D eigenvalue weighted by Gasteiger charge is 2.35. The first-order chi connectivity index (χ1) is 16.6. The fraction of sp³-hybridized carbons (Fsp3) is 0.400. The van der Waals surface area contributed by atoms with Gasteiger partial charge in [0.2, 0.25) is 0 Å². The summed E-state index contributed by atoms with van der Waals surface area (Å²) in [4.78, 5) is 31.5. The lowest BCUT2D eigenvalue weighted by Gasteiger charge is -2.40. The normalized spacial score (nSPS) is 18.5. The third-order valence-corrected chi connectivity index (χ3v) is 6.33. The smallest absolute Gasteiger partial charge is 0.335 e. The molecule has 0 spiro atoms. The molecule has 3 aromatic rings. The molecule has 0 unspecified atom stereocenters. The van der Waals surface area contributed by atoms with Crippen molar-refractivity contribution in [2.75, 3.05) is 6.54 Å². The van der Waals surface area contributed by atoms with Gasteiger partial charge in [-0.3, -0.25) is 4.79 Å². The van der Waals surface area contributed by atoms with Gasteiger partial charge >= 0.3 is 6.18 Å². The number of benzene rings is 1. The van der Waals surface area contributed by atoms with Crippen LogP contribution in [-0.4, -0.2) is 43.3 Å². The Kier molecular flexibility index (Phi) is 7.09. The first-order valence-electron chi connectivity index (χ1n) is 11.4. The van der Waals surface area contributed by atoms with E-state index in [1.54, 1.807) is 24.0 Å². The molecule has 1 aromatic carbocycles. The Morgan fingerprint density at radius 3 is 2.46 bits per heavy atom. The number of alkyl halides is 3. The van der Waals surface area contributed by atoms with Gasteiger partial charge in [-0.15, -0.1) is 0 Å². The zero-order chi connectivity index (χ0) is 25.2. The van der Waals surface area contributed by atoms with Gasteiger partial charge in [0.1, 0.15) is 11.6 Å². The zero-order valence-electron chi connectivity index (χ0n) is 19.4. The van der Waals surface area contributed by atoms with E-state index >= 15 is 4.39 Å². The molecule has 2 atom stereocenters. The van der Waals surface area contributed by atoms with E-state index in [0.29, 0.717) is 30.5 Å². The van der Waals surface area contributed by atoms with Crippen LogP contribution >= 0.6 is 0 Å². The van der Waals surface area contributed by atoms with Crippen LogP contribution < -0.4 is 0 Å². The Labute approximate surface area is 200 Å². The van der Waals surface area contributed by atoms with Crippen LogP contribution in [0.3, 0.4) is 0 Å². The average Bonchev–Trinajstić information content (AvgIpc) is 2.82. The SMILES string of the molecule is Cc1cc(F)c(C(=O)N2CCC[C@@H](C)[C@H]2CCc2ncc(C(F)(F)F)cn2)c(-c2ncccn2)c1. The number of piperidine rings is 1. The van der Waals surface area contributed by atoms with Gasteiger partial charge in [-0.25, -0.2) is 24.3 Å². The first kappa shape index (κ1) is 24.7. The monoisotopic (exact) mass is 487 g/mol. The second kappa shape index (κ2) is 10.1. The number of aryl methyl sites for hydroxylation is 2. The summed E-state index contributed by atoms with van der Waals surface area (Å²) in [5.41, 5.74) is -0.0121. The first-order valence-corrected chi connectivity index (χ1v) is 11.4. The van der Waals surface area contributed by atoms with Gasteiger partial charge in [0, 0.05) is 49.4 Å². The maximum Gasteiger partial charge on any atom is 0.419 e. The highest BCUT2D eigenvalue weighted by atomic mass is 19.4. The van der Waals surface area contributed by atoms with Crippen LogP contribution in [0.25, 0.3) is 11.4 Å². The van der Waals surface area contributed by atoms with E-state index in [0.717, 1.165) is 25.2 Å². The lowest BCUT2D eigenvalue weighted by Crippen LogP contribution is -2.48. The van der Waals surface area contributed by atoms with E-state index in [1.165, 1.54) is 18.5 Å². The lowest BCUT2D eigenvalue weighted by molar-refractivity contribution is -0.138. The highest BCUT2D eigenvalue weighted by Crippen LogP contribution is 2.32. The van der Waals surface area contributed by atoms with Crippen LogP contribution in [-0.2, 0) is 12.6 Å². The minimum atomic E-state index is -4.50. The average molecular weight is 488 g/mol. The Bertz CT molecular complexity index is 1180. The number of aromatic nitrogens is 4. The van der Waals surface area contributed by atoms with Crippen molar-refractivity contribution >= 4 is 5.91 Å². The van der Waals surface area contributed by atoms with Gasteiger partial charge in [-0.2, -0.15) is 13.2 Å². The van der Waals surface area contributed by atoms with Crippen molar-refractivity contribution in [2.45, 2.75) is 51.7 Å². The molecule has 10 heteroatoms. The minimum absolute atomic E-state index is 0.0771. The Hall–Kier alpha value is -3.43. The van der Waals surface area contributed by atoms with Crippen LogP contribution in [0.2, 0.25) is 0 Å². The molecule has 35 heavy (non-hydrogen) atoms. The number of halogens is 4. The molecule has 1 fully saturated rings. The molecule has 0 bridgehead atoms. The highest BCUT2D eigenvalue weighted by molar-refractivity contribution is 6.00. The molecular weight excluding hydrogens is 462 g/mol. The summed E-state index contributed by atoms with van der Waals surface area (Å²) in [6.45, 7) is 4.20. The number of hydrogen-bond donors (Lipinski definition) is 0. The molecule has 1 saturated heterocycles. The van der Waals surface area contributed by atoms with Gasteiger partial charge in [0.25, 0.3) is 5.91 Å². The quantitative estimate of drug-likeness (QED) is 0.459. The predicted molar refractivity (Wildman–Crippen MR) is 121 cm³/mol. The molecule has 6 nitrogen and oxygen atoms in total. The predicted octanol–water partition coefficient (Wildman–Crippen LogP) is 5.27. The third kappa shape index (κ3) is 5.47. The van der Waals surface area contributed by atoms with Gasteiger partial charge in [-0.05, 0) is 55.9 Å². The standard InChI is InChI=1S/C25H25F4N5O/c1-15-11-18(23-30-8-4-9-31-23)22(19(26)12-15)24(35)34-10-3-5-16(2)20(34)6-7-21-32-13-17(14-33-21)25(27,28)29/h4,8-9,11-14,16,20H,3,5-7,10H2,1-2H3/t16-,20-/m1/s1. The molecule has 3 heterocycles. The third-order valence-electron chi connectivity index (χ3n) is 6.33. The number of likely N-dealkylation sites (tertiary alicyclic amines) is 1. The molecule has 0 aliphatic carbocycles. The Morgan fingerprint density at radius 1 is 1.11 bits per heavy atom. The van der Waals surface area contributed by atoms with E-state index in [9.17, 15) is 18.0 Å². The summed E-state index contributed by atoms with van der Waals surface area (Å²) in [7, 11) is 0. The molecule has 1 aliphatic rings. The van der Waals surface area contributed by atoms with Crippen molar-refractivity contribution in [1.82, 2.24) is 24.8 Å². The lowest BCUT2D eigenvalue weighted by atomic mass is 9.86. The summed E-state index contributed by atoms with van der Waals surface area (Å²) < 4.78 is 53.6.